The Morgan fingerprint density at radius 1 is 0.769 bits per heavy atom. The first-order valence-corrected chi connectivity index (χ1v) is 12.9. The Morgan fingerprint density at radius 2 is 1.31 bits per heavy atom. The Balaban J connectivity index is 1.70. The molecule has 0 aliphatic rings. The van der Waals surface area contributed by atoms with Crippen LogP contribution in [0.1, 0.15) is 47.1 Å². The molecule has 2 amide bonds. The number of hydrogen-bond donors (Lipinski definition) is 0. The van der Waals surface area contributed by atoms with E-state index in [1.165, 1.54) is 0 Å². The molecule has 2 aromatic heterocycles. The van der Waals surface area contributed by atoms with E-state index in [9.17, 15) is 9.59 Å². The first-order valence-electron chi connectivity index (χ1n) is 12.5. The van der Waals surface area contributed by atoms with Crippen molar-refractivity contribution in [2.24, 2.45) is 0 Å². The SMILES string of the molecule is CC(C)(C)OC(=O)N(Cc1ccc(-c2nc3c(Cl)nccc3nc2-c2ccccc2)cc1)C(=O)OC(C)(C)C. The van der Waals surface area contributed by atoms with Crippen molar-refractivity contribution in [2.75, 3.05) is 0 Å². The van der Waals surface area contributed by atoms with Crippen LogP contribution in [0.25, 0.3) is 33.5 Å². The molecule has 39 heavy (non-hydrogen) atoms. The molecule has 2 aromatic carbocycles. The summed E-state index contributed by atoms with van der Waals surface area (Å²) < 4.78 is 10.9. The van der Waals surface area contributed by atoms with E-state index in [4.69, 9.17) is 31.0 Å². The van der Waals surface area contributed by atoms with Crippen molar-refractivity contribution in [3.63, 3.8) is 0 Å². The quantitative estimate of drug-likeness (QED) is 0.242. The lowest BCUT2D eigenvalue weighted by atomic mass is 10.0. The minimum absolute atomic E-state index is 0.0329. The highest BCUT2D eigenvalue weighted by atomic mass is 35.5. The summed E-state index contributed by atoms with van der Waals surface area (Å²) in [6, 6.07) is 18.9. The molecule has 0 bridgehead atoms. The molecule has 0 fully saturated rings. The molecule has 9 heteroatoms. The van der Waals surface area contributed by atoms with Crippen LogP contribution in [-0.2, 0) is 16.0 Å². The van der Waals surface area contributed by atoms with E-state index < -0.39 is 23.4 Å². The molecule has 4 aromatic rings. The molecule has 0 radical (unpaired) electrons. The summed E-state index contributed by atoms with van der Waals surface area (Å²) in [6.07, 6.45) is 0.0355. The number of rotatable bonds is 4. The minimum atomic E-state index is -0.783. The van der Waals surface area contributed by atoms with Gasteiger partial charge in [0.15, 0.2) is 5.15 Å². The monoisotopic (exact) mass is 546 g/mol. The predicted octanol–water partition coefficient (Wildman–Crippen LogP) is 7.68. The highest BCUT2D eigenvalue weighted by molar-refractivity contribution is 6.33. The van der Waals surface area contributed by atoms with Crippen molar-refractivity contribution in [3.8, 4) is 22.5 Å². The van der Waals surface area contributed by atoms with Crippen molar-refractivity contribution in [3.05, 3.63) is 77.6 Å². The van der Waals surface area contributed by atoms with Crippen LogP contribution in [0.3, 0.4) is 0 Å². The van der Waals surface area contributed by atoms with Crippen LogP contribution in [0.5, 0.6) is 0 Å². The highest BCUT2D eigenvalue weighted by Crippen LogP contribution is 2.32. The topological polar surface area (TPSA) is 94.5 Å². The van der Waals surface area contributed by atoms with E-state index in [0.717, 1.165) is 16.0 Å². The Bertz CT molecular complexity index is 1470. The Hall–Kier alpha value is -4.04. The molecule has 202 valence electrons. The van der Waals surface area contributed by atoms with Gasteiger partial charge in [0, 0.05) is 17.3 Å². The summed E-state index contributed by atoms with van der Waals surface area (Å²) in [5.74, 6) is 0. The van der Waals surface area contributed by atoms with E-state index in [1.54, 1.807) is 53.8 Å². The molecule has 0 saturated carbocycles. The second-order valence-electron chi connectivity index (χ2n) is 11.0. The Morgan fingerprint density at radius 3 is 1.87 bits per heavy atom. The van der Waals surface area contributed by atoms with Gasteiger partial charge in [0.05, 0.1) is 23.4 Å². The highest BCUT2D eigenvalue weighted by Gasteiger charge is 2.31. The summed E-state index contributed by atoms with van der Waals surface area (Å²) in [7, 11) is 0. The maximum Gasteiger partial charge on any atom is 0.420 e. The lowest BCUT2D eigenvalue weighted by Gasteiger charge is -2.28. The van der Waals surface area contributed by atoms with Crippen molar-refractivity contribution >= 4 is 34.8 Å². The van der Waals surface area contributed by atoms with E-state index in [0.29, 0.717) is 28.0 Å². The molecule has 0 spiro atoms. The van der Waals surface area contributed by atoms with E-state index in [2.05, 4.69) is 4.98 Å². The van der Waals surface area contributed by atoms with Gasteiger partial charge in [-0.15, -0.1) is 0 Å². The zero-order chi connectivity index (χ0) is 28.4. The third-order valence-electron chi connectivity index (χ3n) is 5.38. The summed E-state index contributed by atoms with van der Waals surface area (Å²) in [4.78, 5) is 40.6. The Kier molecular flexibility index (Phi) is 7.88. The predicted molar refractivity (Wildman–Crippen MR) is 151 cm³/mol. The van der Waals surface area contributed by atoms with Crippen LogP contribution in [0.4, 0.5) is 9.59 Å². The van der Waals surface area contributed by atoms with Crippen molar-refractivity contribution in [1.82, 2.24) is 19.9 Å². The average molecular weight is 547 g/mol. The van der Waals surface area contributed by atoms with Crippen LogP contribution in [0.15, 0.2) is 66.9 Å². The lowest BCUT2D eigenvalue weighted by Crippen LogP contribution is -2.43. The zero-order valence-corrected chi connectivity index (χ0v) is 23.6. The maximum atomic E-state index is 12.9. The number of aromatic nitrogens is 3. The third kappa shape index (κ3) is 7.09. The second-order valence-corrected chi connectivity index (χ2v) is 11.4. The molecule has 0 aliphatic carbocycles. The summed E-state index contributed by atoms with van der Waals surface area (Å²) in [5, 5.41) is 0.267. The number of carbonyl (C=O) groups is 2. The summed E-state index contributed by atoms with van der Waals surface area (Å²) in [5.41, 5.74) is 3.30. The van der Waals surface area contributed by atoms with Gasteiger partial charge in [-0.2, -0.15) is 0 Å². The van der Waals surface area contributed by atoms with Crippen LogP contribution in [0, 0.1) is 0 Å². The van der Waals surface area contributed by atoms with Gasteiger partial charge >= 0.3 is 12.2 Å². The normalized spacial score (nSPS) is 11.8. The standard InChI is InChI=1S/C30H31ClN4O4/c1-29(2,3)38-27(36)35(28(37)39-30(4,5)6)18-19-12-14-21(15-13-19)24-23(20-10-8-7-9-11-20)33-22-16-17-32-26(31)25(22)34-24/h7-17H,18H2,1-6H3. The maximum absolute atomic E-state index is 12.9. The van der Waals surface area contributed by atoms with Gasteiger partial charge in [0.2, 0.25) is 0 Å². The molecule has 0 aliphatic heterocycles. The van der Waals surface area contributed by atoms with E-state index >= 15 is 0 Å². The third-order valence-corrected chi connectivity index (χ3v) is 5.66. The Labute approximate surface area is 233 Å². The van der Waals surface area contributed by atoms with Crippen LogP contribution in [-0.4, -0.2) is 43.2 Å². The van der Waals surface area contributed by atoms with Crippen molar-refractivity contribution in [2.45, 2.75) is 59.3 Å². The molecule has 0 N–H and O–H groups in total. The average Bonchev–Trinajstić information content (AvgIpc) is 2.85. The number of ether oxygens (including phenoxy) is 2. The van der Waals surface area contributed by atoms with E-state index in [-0.39, 0.29) is 11.7 Å². The van der Waals surface area contributed by atoms with Crippen LogP contribution < -0.4 is 0 Å². The van der Waals surface area contributed by atoms with Crippen molar-refractivity contribution < 1.29 is 19.1 Å². The molecule has 0 unspecified atom stereocenters. The van der Waals surface area contributed by atoms with Crippen LogP contribution in [0.2, 0.25) is 5.15 Å². The number of benzene rings is 2. The minimum Gasteiger partial charge on any atom is -0.443 e. The van der Waals surface area contributed by atoms with Gasteiger partial charge in [-0.25, -0.2) is 29.4 Å². The fourth-order valence-electron chi connectivity index (χ4n) is 3.74. The molecule has 4 rings (SSSR count). The largest absolute Gasteiger partial charge is 0.443 e. The number of hydrogen-bond acceptors (Lipinski definition) is 7. The second kappa shape index (κ2) is 11.0. The lowest BCUT2D eigenvalue weighted by molar-refractivity contribution is -0.000248. The number of halogens is 1. The van der Waals surface area contributed by atoms with Gasteiger partial charge in [0.25, 0.3) is 0 Å². The summed E-state index contributed by atoms with van der Waals surface area (Å²) >= 11 is 6.34. The number of amides is 2. The van der Waals surface area contributed by atoms with Crippen LogP contribution >= 0.6 is 11.6 Å². The fraction of sp³-hybridized carbons (Fsp3) is 0.300. The molecule has 8 nitrogen and oxygen atoms in total. The first kappa shape index (κ1) is 28.0. The number of fused-ring (bicyclic) bond motifs is 1. The van der Waals surface area contributed by atoms with Gasteiger partial charge in [-0.3, -0.25) is 0 Å². The van der Waals surface area contributed by atoms with Crippen molar-refractivity contribution in [1.29, 1.82) is 0 Å². The molecule has 2 heterocycles. The number of imide groups is 1. The van der Waals surface area contributed by atoms with Gasteiger partial charge in [-0.1, -0.05) is 66.2 Å². The van der Waals surface area contributed by atoms with Gasteiger partial charge in [-0.05, 0) is 53.2 Å². The fourth-order valence-corrected chi connectivity index (χ4v) is 3.93. The molecular formula is C30H31ClN4O4. The number of pyridine rings is 1. The smallest absolute Gasteiger partial charge is 0.420 e. The molecule has 0 atom stereocenters. The number of carbonyl (C=O) groups excluding carboxylic acids is 2. The molecular weight excluding hydrogens is 516 g/mol. The summed E-state index contributed by atoms with van der Waals surface area (Å²) in [6.45, 7) is 10.4. The van der Waals surface area contributed by atoms with E-state index in [1.807, 2.05) is 54.6 Å². The first-order chi connectivity index (χ1) is 18.3. The van der Waals surface area contributed by atoms with Gasteiger partial charge in [0.1, 0.15) is 16.7 Å². The molecule has 0 saturated heterocycles. The zero-order valence-electron chi connectivity index (χ0n) is 22.9. The van der Waals surface area contributed by atoms with Gasteiger partial charge < -0.3 is 9.47 Å². The number of nitrogens with zero attached hydrogens (tertiary/aromatic N) is 4.